The minimum Gasteiger partial charge on any atom is -0.364 e. The zero-order valence-corrected chi connectivity index (χ0v) is 14.2. The van der Waals surface area contributed by atoms with E-state index >= 15 is 0 Å². The Kier molecular flexibility index (Phi) is 4.97. The molecule has 1 heterocycles. The molecule has 130 valence electrons. The van der Waals surface area contributed by atoms with E-state index in [1.807, 2.05) is 0 Å². The topological polar surface area (TPSA) is 75.4 Å². The smallest absolute Gasteiger partial charge is 0.251 e. The quantitative estimate of drug-likeness (QED) is 0.821. The van der Waals surface area contributed by atoms with Crippen LogP contribution < -0.4 is 10.2 Å². The lowest BCUT2D eigenvalue weighted by atomic mass is 9.81. The minimum atomic E-state index is -0.201. The van der Waals surface area contributed by atoms with E-state index in [9.17, 15) is 9.59 Å². The van der Waals surface area contributed by atoms with E-state index in [4.69, 9.17) is 4.52 Å². The van der Waals surface area contributed by atoms with Crippen molar-refractivity contribution in [2.45, 2.75) is 31.7 Å². The molecule has 1 aromatic heterocycles. The molecule has 0 radical (unpaired) electrons. The molecule has 0 bridgehead atoms. The largest absolute Gasteiger partial charge is 0.364 e. The number of nitrogens with zero attached hydrogens (tertiary/aromatic N) is 2. The molecule has 6 heteroatoms. The van der Waals surface area contributed by atoms with Crippen LogP contribution in [0.3, 0.4) is 0 Å². The normalized spacial score (nSPS) is 13.8. The maximum absolute atomic E-state index is 12.3. The molecular weight excluding hydrogens is 318 g/mol. The summed E-state index contributed by atoms with van der Waals surface area (Å²) in [6, 6.07) is 6.85. The van der Waals surface area contributed by atoms with E-state index < -0.39 is 0 Å². The number of anilines is 1. The van der Waals surface area contributed by atoms with E-state index in [1.54, 1.807) is 37.6 Å². The van der Waals surface area contributed by atoms with Gasteiger partial charge in [-0.25, -0.2) is 0 Å². The molecule has 3 rings (SSSR count). The van der Waals surface area contributed by atoms with Gasteiger partial charge in [-0.1, -0.05) is 18.2 Å². The van der Waals surface area contributed by atoms with Crippen LogP contribution in [0.1, 0.15) is 46.8 Å². The Labute approximate surface area is 146 Å². The molecule has 1 aromatic carbocycles. The third kappa shape index (κ3) is 3.63. The van der Waals surface area contributed by atoms with Crippen LogP contribution in [0, 0.1) is 0 Å². The van der Waals surface area contributed by atoms with Gasteiger partial charge in [-0.2, -0.15) is 0 Å². The number of amides is 2. The highest BCUT2D eigenvalue weighted by Crippen LogP contribution is 2.37. The van der Waals surface area contributed by atoms with Crippen LogP contribution in [0.15, 0.2) is 47.7 Å². The van der Waals surface area contributed by atoms with Crippen LogP contribution in [-0.2, 0) is 11.3 Å². The van der Waals surface area contributed by atoms with E-state index in [0.717, 1.165) is 24.1 Å². The number of rotatable bonds is 6. The second kappa shape index (κ2) is 7.34. The van der Waals surface area contributed by atoms with E-state index in [1.165, 1.54) is 17.4 Å². The van der Waals surface area contributed by atoms with Gasteiger partial charge in [0.05, 0.1) is 5.69 Å². The summed E-state index contributed by atoms with van der Waals surface area (Å²) >= 11 is 0. The van der Waals surface area contributed by atoms with Crippen molar-refractivity contribution in [3.05, 3.63) is 60.0 Å². The van der Waals surface area contributed by atoms with Crippen molar-refractivity contribution in [2.24, 2.45) is 0 Å². The first kappa shape index (κ1) is 17.0. The van der Waals surface area contributed by atoms with Gasteiger partial charge in [0.25, 0.3) is 5.91 Å². The molecule has 1 aliphatic carbocycles. The van der Waals surface area contributed by atoms with E-state index in [2.05, 4.69) is 17.1 Å². The summed E-state index contributed by atoms with van der Waals surface area (Å²) in [6.07, 6.45) is 6.34. The summed E-state index contributed by atoms with van der Waals surface area (Å²) in [5, 5.41) is 6.96. The molecule has 1 N–H and O–H groups in total. The van der Waals surface area contributed by atoms with Crippen molar-refractivity contribution in [1.82, 2.24) is 10.5 Å². The molecule has 0 unspecified atom stereocenters. The third-order valence-corrected chi connectivity index (χ3v) is 4.63. The Hall–Kier alpha value is -2.89. The predicted molar refractivity (Wildman–Crippen MR) is 94.3 cm³/mol. The van der Waals surface area contributed by atoms with Gasteiger partial charge in [0, 0.05) is 36.3 Å². The molecule has 1 saturated carbocycles. The highest BCUT2D eigenvalue weighted by molar-refractivity contribution is 6.01. The van der Waals surface area contributed by atoms with Gasteiger partial charge in [-0.3, -0.25) is 9.59 Å². The Bertz CT molecular complexity index is 775. The Morgan fingerprint density at radius 1 is 1.36 bits per heavy atom. The lowest BCUT2D eigenvalue weighted by Crippen LogP contribution is -2.25. The van der Waals surface area contributed by atoms with Crippen molar-refractivity contribution in [2.75, 3.05) is 11.9 Å². The Balaban J connectivity index is 1.61. The van der Waals surface area contributed by atoms with Crippen LogP contribution >= 0.6 is 0 Å². The summed E-state index contributed by atoms with van der Waals surface area (Å²) in [6.45, 7) is 3.86. The summed E-state index contributed by atoms with van der Waals surface area (Å²) in [7, 11) is 1.66. The van der Waals surface area contributed by atoms with Crippen LogP contribution in [0.5, 0.6) is 0 Å². The van der Waals surface area contributed by atoms with Gasteiger partial charge >= 0.3 is 0 Å². The zero-order valence-electron chi connectivity index (χ0n) is 14.2. The third-order valence-electron chi connectivity index (χ3n) is 4.63. The van der Waals surface area contributed by atoms with E-state index in [0.29, 0.717) is 23.7 Å². The van der Waals surface area contributed by atoms with Gasteiger partial charge in [0.2, 0.25) is 5.91 Å². The van der Waals surface area contributed by atoms with Crippen molar-refractivity contribution in [3.63, 3.8) is 0 Å². The van der Waals surface area contributed by atoms with Gasteiger partial charge in [-0.15, -0.1) is 0 Å². The van der Waals surface area contributed by atoms with E-state index in [-0.39, 0.29) is 11.8 Å². The number of hydrogen-bond acceptors (Lipinski definition) is 4. The fraction of sp³-hybridized carbons (Fsp3) is 0.316. The monoisotopic (exact) mass is 339 g/mol. The molecule has 6 nitrogen and oxygen atoms in total. The average Bonchev–Trinajstić information content (AvgIpc) is 3.05. The first-order chi connectivity index (χ1) is 12.1. The van der Waals surface area contributed by atoms with Gasteiger partial charge in [-0.05, 0) is 43.2 Å². The second-order valence-corrected chi connectivity index (χ2v) is 6.18. The number of benzene rings is 1. The number of aromatic nitrogens is 1. The second-order valence-electron chi connectivity index (χ2n) is 6.18. The molecular formula is C19H21N3O3. The summed E-state index contributed by atoms with van der Waals surface area (Å²) < 4.78 is 5.07. The van der Waals surface area contributed by atoms with Crippen LogP contribution in [0.25, 0.3) is 0 Å². The van der Waals surface area contributed by atoms with Crippen LogP contribution in [0.2, 0.25) is 0 Å². The van der Waals surface area contributed by atoms with Crippen molar-refractivity contribution in [3.8, 4) is 0 Å². The summed E-state index contributed by atoms with van der Waals surface area (Å²) in [5.41, 5.74) is 3.13. The molecule has 0 saturated heterocycles. The van der Waals surface area contributed by atoms with Crippen molar-refractivity contribution in [1.29, 1.82) is 0 Å². The lowest BCUT2D eigenvalue weighted by Gasteiger charge is -2.23. The maximum atomic E-state index is 12.3. The van der Waals surface area contributed by atoms with Gasteiger partial charge in [0.1, 0.15) is 6.26 Å². The zero-order chi connectivity index (χ0) is 17.8. The molecule has 2 amide bonds. The van der Waals surface area contributed by atoms with Crippen LogP contribution in [-0.4, -0.2) is 24.0 Å². The fourth-order valence-corrected chi connectivity index (χ4v) is 2.79. The lowest BCUT2D eigenvalue weighted by molar-refractivity contribution is -0.113. The molecule has 0 spiro atoms. The first-order valence-electron chi connectivity index (χ1n) is 8.31. The highest BCUT2D eigenvalue weighted by Gasteiger charge is 2.25. The SMILES string of the molecule is C=CC(=O)N(C)c1ccc(C(=O)NCc2conc2C2CCC2)cc1. The molecule has 0 aliphatic heterocycles. The average molecular weight is 339 g/mol. The number of nitrogens with one attached hydrogen (secondary N) is 1. The predicted octanol–water partition coefficient (Wildman–Crippen LogP) is 3.02. The molecule has 0 atom stereocenters. The molecule has 1 aliphatic rings. The number of carbonyl (C=O) groups excluding carboxylic acids is 2. The highest BCUT2D eigenvalue weighted by atomic mass is 16.5. The molecule has 25 heavy (non-hydrogen) atoms. The maximum Gasteiger partial charge on any atom is 0.251 e. The summed E-state index contributed by atoms with van der Waals surface area (Å²) in [4.78, 5) is 25.4. The number of likely N-dealkylation sites (N-methyl/N-ethyl adjacent to an activating group) is 1. The van der Waals surface area contributed by atoms with Gasteiger partial charge in [0.15, 0.2) is 0 Å². The molecule has 2 aromatic rings. The minimum absolute atomic E-state index is 0.176. The number of hydrogen-bond donors (Lipinski definition) is 1. The summed E-state index contributed by atoms with van der Waals surface area (Å²) in [5.74, 6) is 0.0843. The Morgan fingerprint density at radius 3 is 2.68 bits per heavy atom. The Morgan fingerprint density at radius 2 is 2.08 bits per heavy atom. The first-order valence-corrected chi connectivity index (χ1v) is 8.31. The van der Waals surface area contributed by atoms with Gasteiger partial charge < -0.3 is 14.7 Å². The number of carbonyl (C=O) groups is 2. The van der Waals surface area contributed by atoms with Crippen LogP contribution in [0.4, 0.5) is 5.69 Å². The molecule has 1 fully saturated rings. The standard InChI is InChI=1S/C19H21N3O3/c1-3-17(23)22(2)16-9-7-14(8-10-16)19(24)20-11-15-12-25-21-18(15)13-5-4-6-13/h3,7-10,12-13H,1,4-6,11H2,2H3,(H,20,24). The van der Waals surface area contributed by atoms with Crippen molar-refractivity contribution >= 4 is 17.5 Å². The van der Waals surface area contributed by atoms with Crippen molar-refractivity contribution < 1.29 is 14.1 Å². The fourth-order valence-electron chi connectivity index (χ4n) is 2.79.